The number of fused-ring (bicyclic) bond motifs is 1. The summed E-state index contributed by atoms with van der Waals surface area (Å²) in [6, 6.07) is 12.4. The minimum Gasteiger partial charge on any atom is -0.383 e. The van der Waals surface area contributed by atoms with Gasteiger partial charge in [-0.05, 0) is 36.6 Å². The topological polar surface area (TPSA) is 49.2 Å². The summed E-state index contributed by atoms with van der Waals surface area (Å²) in [5.41, 5.74) is 1.71. The van der Waals surface area contributed by atoms with E-state index in [1.54, 1.807) is 6.07 Å². The average Bonchev–Trinajstić information content (AvgIpc) is 2.97. The van der Waals surface area contributed by atoms with E-state index < -0.39 is 5.60 Å². The highest BCUT2D eigenvalue weighted by molar-refractivity contribution is 5.89. The van der Waals surface area contributed by atoms with Crippen molar-refractivity contribution < 1.29 is 9.50 Å². The van der Waals surface area contributed by atoms with Crippen molar-refractivity contribution in [2.24, 2.45) is 0 Å². The van der Waals surface area contributed by atoms with Crippen LogP contribution in [0.2, 0.25) is 0 Å². The highest BCUT2D eigenvalue weighted by Crippen LogP contribution is 2.37. The molecule has 5 heteroatoms. The molecule has 1 aliphatic rings. The van der Waals surface area contributed by atoms with Gasteiger partial charge in [-0.2, -0.15) is 0 Å². The van der Waals surface area contributed by atoms with Crippen LogP contribution in [0.1, 0.15) is 17.5 Å². The van der Waals surface area contributed by atoms with Gasteiger partial charge in [0.05, 0.1) is 12.1 Å². The van der Waals surface area contributed by atoms with Crippen LogP contribution in [0.3, 0.4) is 0 Å². The van der Waals surface area contributed by atoms with Crippen molar-refractivity contribution in [3.8, 4) is 0 Å². The number of hydrogen-bond donors (Lipinski definition) is 1. The van der Waals surface area contributed by atoms with Crippen LogP contribution in [0.25, 0.3) is 10.9 Å². The first-order valence-corrected chi connectivity index (χ1v) is 8.00. The number of benzene rings is 2. The third-order valence-corrected chi connectivity index (χ3v) is 4.77. The number of aliphatic hydroxyl groups is 1. The Morgan fingerprint density at radius 3 is 2.83 bits per heavy atom. The summed E-state index contributed by atoms with van der Waals surface area (Å²) in [5.74, 6) is 0.425. The highest BCUT2D eigenvalue weighted by atomic mass is 19.1. The molecule has 4 rings (SSSR count). The van der Waals surface area contributed by atoms with Crippen molar-refractivity contribution in [3.63, 3.8) is 0 Å². The molecule has 0 radical (unpaired) electrons. The van der Waals surface area contributed by atoms with Crippen molar-refractivity contribution in [1.29, 1.82) is 0 Å². The van der Waals surface area contributed by atoms with Gasteiger partial charge in [0.2, 0.25) is 0 Å². The first-order chi connectivity index (χ1) is 11.6. The van der Waals surface area contributed by atoms with Gasteiger partial charge in [-0.1, -0.05) is 24.3 Å². The summed E-state index contributed by atoms with van der Waals surface area (Å²) < 4.78 is 13.4. The Morgan fingerprint density at radius 2 is 2.00 bits per heavy atom. The fraction of sp³-hybridized carbons (Fsp3) is 0.263. The molecule has 0 bridgehead atoms. The molecule has 3 aromatic rings. The van der Waals surface area contributed by atoms with Gasteiger partial charge in [-0.25, -0.2) is 14.4 Å². The SMILES string of the molecule is Cc1ccccc1[C@]1(O)CCN(c2ncnc3cc(F)ccc23)C1. The Kier molecular flexibility index (Phi) is 3.46. The molecule has 122 valence electrons. The number of anilines is 1. The van der Waals surface area contributed by atoms with E-state index in [4.69, 9.17) is 0 Å². The van der Waals surface area contributed by atoms with Crippen molar-refractivity contribution in [3.05, 3.63) is 65.7 Å². The molecule has 0 aliphatic carbocycles. The summed E-state index contributed by atoms with van der Waals surface area (Å²) in [5, 5.41) is 11.9. The van der Waals surface area contributed by atoms with Crippen LogP contribution in [-0.2, 0) is 5.60 Å². The molecule has 1 aliphatic heterocycles. The molecule has 2 aromatic carbocycles. The third-order valence-electron chi connectivity index (χ3n) is 4.77. The van der Waals surface area contributed by atoms with Crippen LogP contribution in [-0.4, -0.2) is 28.2 Å². The number of hydrogen-bond acceptors (Lipinski definition) is 4. The zero-order valence-corrected chi connectivity index (χ0v) is 13.4. The first-order valence-electron chi connectivity index (χ1n) is 8.00. The Labute approximate surface area is 139 Å². The van der Waals surface area contributed by atoms with Crippen LogP contribution in [0, 0.1) is 12.7 Å². The quantitative estimate of drug-likeness (QED) is 0.787. The van der Waals surface area contributed by atoms with Crippen molar-refractivity contribution in [1.82, 2.24) is 9.97 Å². The Morgan fingerprint density at radius 1 is 1.17 bits per heavy atom. The first kappa shape index (κ1) is 15.0. The molecule has 0 saturated carbocycles. The zero-order valence-electron chi connectivity index (χ0n) is 13.4. The molecular weight excluding hydrogens is 305 g/mol. The van der Waals surface area contributed by atoms with Crippen LogP contribution in [0.4, 0.5) is 10.2 Å². The largest absolute Gasteiger partial charge is 0.383 e. The molecule has 0 unspecified atom stereocenters. The molecule has 0 amide bonds. The van der Waals surface area contributed by atoms with Gasteiger partial charge in [0.15, 0.2) is 0 Å². The monoisotopic (exact) mass is 323 g/mol. The lowest BCUT2D eigenvalue weighted by Gasteiger charge is -2.26. The molecule has 4 nitrogen and oxygen atoms in total. The van der Waals surface area contributed by atoms with E-state index in [9.17, 15) is 9.50 Å². The maximum Gasteiger partial charge on any atom is 0.139 e. The van der Waals surface area contributed by atoms with E-state index in [2.05, 4.69) is 9.97 Å². The molecule has 1 fully saturated rings. The summed E-state index contributed by atoms with van der Waals surface area (Å²) in [6.07, 6.45) is 2.08. The molecule has 1 N–H and O–H groups in total. The van der Waals surface area contributed by atoms with Gasteiger partial charge in [0.25, 0.3) is 0 Å². The lowest BCUT2D eigenvalue weighted by atomic mass is 9.89. The summed E-state index contributed by atoms with van der Waals surface area (Å²) in [7, 11) is 0. The van der Waals surface area contributed by atoms with Gasteiger partial charge in [0, 0.05) is 18.0 Å². The number of nitrogens with zero attached hydrogens (tertiary/aromatic N) is 3. The lowest BCUT2D eigenvalue weighted by Crippen LogP contribution is -2.31. The second-order valence-electron chi connectivity index (χ2n) is 6.38. The maximum absolute atomic E-state index is 13.4. The van der Waals surface area contributed by atoms with E-state index in [-0.39, 0.29) is 5.82 Å². The number of aromatic nitrogens is 2. The molecular formula is C19H18FN3O. The smallest absolute Gasteiger partial charge is 0.139 e. The van der Waals surface area contributed by atoms with Crippen LogP contribution >= 0.6 is 0 Å². The fourth-order valence-electron chi connectivity index (χ4n) is 3.56. The molecule has 2 heterocycles. The number of aryl methyl sites for hydroxylation is 1. The summed E-state index contributed by atoms with van der Waals surface area (Å²) >= 11 is 0. The Bertz CT molecular complexity index is 914. The van der Waals surface area contributed by atoms with E-state index in [0.29, 0.717) is 25.0 Å². The molecule has 1 atom stereocenters. The van der Waals surface area contributed by atoms with Gasteiger partial charge < -0.3 is 10.0 Å². The number of β-amino-alcohol motifs (C(OH)–C–C–N with tert-alkyl or cyclic N) is 1. The van der Waals surface area contributed by atoms with E-state index in [1.807, 2.05) is 36.1 Å². The maximum atomic E-state index is 13.4. The Hall–Kier alpha value is -2.53. The standard InChI is InChI=1S/C19H18FN3O/c1-13-4-2-3-5-16(13)19(24)8-9-23(11-19)18-15-7-6-14(20)10-17(15)21-12-22-18/h2-7,10,12,24H,8-9,11H2,1H3/t19-/m0/s1. The normalized spacial score (nSPS) is 20.7. The average molecular weight is 323 g/mol. The van der Waals surface area contributed by atoms with Gasteiger partial charge >= 0.3 is 0 Å². The molecule has 24 heavy (non-hydrogen) atoms. The second kappa shape index (κ2) is 5.53. The van der Waals surface area contributed by atoms with Crippen LogP contribution in [0.5, 0.6) is 0 Å². The number of rotatable bonds is 2. The zero-order chi connectivity index (χ0) is 16.7. The third kappa shape index (κ3) is 2.41. The van der Waals surface area contributed by atoms with Crippen molar-refractivity contribution in [2.45, 2.75) is 18.9 Å². The van der Waals surface area contributed by atoms with Crippen LogP contribution < -0.4 is 4.90 Å². The van der Waals surface area contributed by atoms with E-state index in [1.165, 1.54) is 18.5 Å². The van der Waals surface area contributed by atoms with Crippen molar-refractivity contribution >= 4 is 16.7 Å². The highest BCUT2D eigenvalue weighted by Gasteiger charge is 2.39. The lowest BCUT2D eigenvalue weighted by molar-refractivity contribution is 0.0600. The van der Waals surface area contributed by atoms with Gasteiger partial charge in [-0.15, -0.1) is 0 Å². The predicted molar refractivity (Wildman–Crippen MR) is 91.4 cm³/mol. The summed E-state index contributed by atoms with van der Waals surface area (Å²) in [6.45, 7) is 3.16. The molecule has 0 spiro atoms. The minimum atomic E-state index is -0.900. The van der Waals surface area contributed by atoms with Crippen molar-refractivity contribution in [2.75, 3.05) is 18.0 Å². The van der Waals surface area contributed by atoms with Crippen LogP contribution in [0.15, 0.2) is 48.8 Å². The predicted octanol–water partition coefficient (Wildman–Crippen LogP) is 3.18. The Balaban J connectivity index is 1.72. The van der Waals surface area contributed by atoms with E-state index >= 15 is 0 Å². The fourth-order valence-corrected chi connectivity index (χ4v) is 3.56. The number of halogens is 1. The minimum absolute atomic E-state index is 0.315. The molecule has 1 aromatic heterocycles. The van der Waals surface area contributed by atoms with Gasteiger partial charge in [0.1, 0.15) is 23.6 Å². The van der Waals surface area contributed by atoms with Gasteiger partial charge in [-0.3, -0.25) is 0 Å². The summed E-state index contributed by atoms with van der Waals surface area (Å²) in [4.78, 5) is 10.6. The second-order valence-corrected chi connectivity index (χ2v) is 6.38. The van der Waals surface area contributed by atoms with E-state index in [0.717, 1.165) is 22.3 Å². The molecule has 1 saturated heterocycles.